The number of benzene rings is 1. The van der Waals surface area contributed by atoms with Crippen molar-refractivity contribution in [2.24, 2.45) is 0 Å². The molecule has 3 nitrogen and oxygen atoms in total. The topological polar surface area (TPSA) is 42.0 Å². The number of hydrogen-bond donors (Lipinski definition) is 1. The number of rotatable bonds is 2. The number of hydrogen-bond acceptors (Lipinski definition) is 2. The van der Waals surface area contributed by atoms with Gasteiger partial charge in [0.15, 0.2) is 0 Å². The van der Waals surface area contributed by atoms with Crippen LogP contribution in [0.1, 0.15) is 21.5 Å². The van der Waals surface area contributed by atoms with Crippen LogP contribution in [0.2, 0.25) is 5.15 Å². The minimum Gasteiger partial charge on any atom is -0.321 e. The third kappa shape index (κ3) is 3.09. The lowest BCUT2D eigenvalue weighted by Gasteiger charge is -2.07. The Kier molecular flexibility index (Phi) is 3.81. The molecule has 0 unspecified atom stereocenters. The summed E-state index contributed by atoms with van der Waals surface area (Å²) in [5.74, 6) is -0.646. The van der Waals surface area contributed by atoms with Crippen molar-refractivity contribution in [3.63, 3.8) is 0 Å². The van der Waals surface area contributed by atoms with Gasteiger partial charge in [0, 0.05) is 5.56 Å². The molecule has 2 rings (SSSR count). The van der Waals surface area contributed by atoms with Gasteiger partial charge in [-0.1, -0.05) is 11.6 Å². The van der Waals surface area contributed by atoms with Crippen molar-refractivity contribution in [3.05, 3.63) is 58.1 Å². The molecular formula is C14H12ClFN2O. The predicted molar refractivity (Wildman–Crippen MR) is 73.1 cm³/mol. The summed E-state index contributed by atoms with van der Waals surface area (Å²) < 4.78 is 13.1. The van der Waals surface area contributed by atoms with Gasteiger partial charge in [0.05, 0.1) is 11.9 Å². The zero-order valence-corrected chi connectivity index (χ0v) is 11.3. The Hall–Kier alpha value is -1.94. The summed E-state index contributed by atoms with van der Waals surface area (Å²) in [7, 11) is 0. The van der Waals surface area contributed by atoms with Gasteiger partial charge in [-0.2, -0.15) is 0 Å². The summed E-state index contributed by atoms with van der Waals surface area (Å²) in [5.41, 5.74) is 2.15. The first kappa shape index (κ1) is 13.5. The normalized spacial score (nSPS) is 10.3. The van der Waals surface area contributed by atoms with E-state index >= 15 is 0 Å². The Bertz CT molecular complexity index is 643. The van der Waals surface area contributed by atoms with Crippen molar-refractivity contribution in [1.29, 1.82) is 0 Å². The minimum atomic E-state index is -0.333. The Morgan fingerprint density at radius 2 is 2.00 bits per heavy atom. The molecule has 2 aromatic rings. The highest BCUT2D eigenvalue weighted by atomic mass is 35.5. The molecule has 5 heteroatoms. The van der Waals surface area contributed by atoms with Crippen LogP contribution in [0.15, 0.2) is 30.5 Å². The second-order valence-corrected chi connectivity index (χ2v) is 4.61. The fourth-order valence-corrected chi connectivity index (χ4v) is 1.72. The van der Waals surface area contributed by atoms with Crippen LogP contribution in [-0.4, -0.2) is 10.9 Å². The summed E-state index contributed by atoms with van der Waals surface area (Å²) in [5, 5.41) is 3.09. The van der Waals surface area contributed by atoms with Crippen LogP contribution in [0.5, 0.6) is 0 Å². The highest BCUT2D eigenvalue weighted by molar-refractivity contribution is 6.30. The maximum Gasteiger partial charge on any atom is 0.255 e. The van der Waals surface area contributed by atoms with Gasteiger partial charge in [-0.15, -0.1) is 0 Å². The SMILES string of the molecule is Cc1cc(C(=O)Nc2cnc(Cl)c(C)c2)ccc1F. The van der Waals surface area contributed by atoms with Crippen molar-refractivity contribution in [2.45, 2.75) is 13.8 Å². The lowest BCUT2D eigenvalue weighted by atomic mass is 10.1. The number of pyridine rings is 1. The molecule has 0 spiro atoms. The molecule has 0 bridgehead atoms. The number of carbonyl (C=O) groups excluding carboxylic acids is 1. The van der Waals surface area contributed by atoms with Crippen LogP contribution in [0.25, 0.3) is 0 Å². The summed E-state index contributed by atoms with van der Waals surface area (Å²) in [6.07, 6.45) is 1.48. The quantitative estimate of drug-likeness (QED) is 0.850. The standard InChI is InChI=1S/C14H12ClFN2O/c1-8-5-10(3-4-12(8)16)14(19)18-11-6-9(2)13(15)17-7-11/h3-7H,1-2H3,(H,18,19). The van der Waals surface area contributed by atoms with E-state index in [1.807, 2.05) is 0 Å². The number of amides is 1. The maximum atomic E-state index is 13.1. The van der Waals surface area contributed by atoms with E-state index in [0.29, 0.717) is 22.0 Å². The number of nitrogens with zero attached hydrogens (tertiary/aromatic N) is 1. The van der Waals surface area contributed by atoms with E-state index in [9.17, 15) is 9.18 Å². The summed E-state index contributed by atoms with van der Waals surface area (Å²) >= 11 is 5.81. The molecule has 1 N–H and O–H groups in total. The van der Waals surface area contributed by atoms with Gasteiger partial charge in [-0.25, -0.2) is 9.37 Å². The van der Waals surface area contributed by atoms with E-state index in [1.165, 1.54) is 24.4 Å². The number of halogens is 2. The maximum absolute atomic E-state index is 13.1. The zero-order chi connectivity index (χ0) is 14.0. The van der Waals surface area contributed by atoms with E-state index < -0.39 is 0 Å². The third-order valence-electron chi connectivity index (χ3n) is 2.69. The largest absolute Gasteiger partial charge is 0.321 e. The summed E-state index contributed by atoms with van der Waals surface area (Å²) in [4.78, 5) is 15.9. The summed E-state index contributed by atoms with van der Waals surface area (Å²) in [6, 6.07) is 5.94. The Morgan fingerprint density at radius 1 is 1.26 bits per heavy atom. The fourth-order valence-electron chi connectivity index (χ4n) is 1.62. The highest BCUT2D eigenvalue weighted by Crippen LogP contribution is 2.17. The van der Waals surface area contributed by atoms with E-state index in [0.717, 1.165) is 5.56 Å². The van der Waals surface area contributed by atoms with Crippen LogP contribution < -0.4 is 5.32 Å². The molecule has 0 radical (unpaired) electrons. The van der Waals surface area contributed by atoms with Gasteiger partial charge in [0.25, 0.3) is 5.91 Å². The van der Waals surface area contributed by atoms with Crippen molar-refractivity contribution >= 4 is 23.2 Å². The molecule has 0 saturated carbocycles. The second-order valence-electron chi connectivity index (χ2n) is 4.25. The van der Waals surface area contributed by atoms with Gasteiger partial charge >= 0.3 is 0 Å². The number of aryl methyl sites for hydroxylation is 2. The third-order valence-corrected chi connectivity index (χ3v) is 3.09. The van der Waals surface area contributed by atoms with E-state index in [1.54, 1.807) is 19.9 Å². The summed E-state index contributed by atoms with van der Waals surface area (Å²) in [6.45, 7) is 3.41. The molecule has 0 aliphatic carbocycles. The highest BCUT2D eigenvalue weighted by Gasteiger charge is 2.09. The molecule has 98 valence electrons. The molecule has 0 aliphatic heterocycles. The van der Waals surface area contributed by atoms with E-state index in [4.69, 9.17) is 11.6 Å². The van der Waals surface area contributed by atoms with Crippen molar-refractivity contribution in [1.82, 2.24) is 4.98 Å². The second kappa shape index (κ2) is 5.36. The first-order valence-electron chi connectivity index (χ1n) is 5.67. The molecular weight excluding hydrogens is 267 g/mol. The predicted octanol–water partition coefficient (Wildman–Crippen LogP) is 3.74. The minimum absolute atomic E-state index is 0.313. The van der Waals surface area contributed by atoms with Crippen LogP contribution >= 0.6 is 11.6 Å². The monoisotopic (exact) mass is 278 g/mol. The van der Waals surface area contributed by atoms with E-state index in [-0.39, 0.29) is 11.7 Å². The van der Waals surface area contributed by atoms with Crippen LogP contribution in [0.3, 0.4) is 0 Å². The Morgan fingerprint density at radius 3 is 2.63 bits per heavy atom. The Balaban J connectivity index is 2.20. The molecule has 1 heterocycles. The lowest BCUT2D eigenvalue weighted by molar-refractivity contribution is 0.102. The first-order valence-corrected chi connectivity index (χ1v) is 6.05. The number of anilines is 1. The first-order chi connectivity index (χ1) is 8.97. The molecule has 0 fully saturated rings. The molecule has 19 heavy (non-hydrogen) atoms. The molecule has 1 aromatic carbocycles. The van der Waals surface area contributed by atoms with Crippen molar-refractivity contribution in [2.75, 3.05) is 5.32 Å². The molecule has 0 atom stereocenters. The van der Waals surface area contributed by atoms with Gasteiger partial charge < -0.3 is 5.32 Å². The van der Waals surface area contributed by atoms with Gasteiger partial charge in [-0.05, 0) is 49.2 Å². The lowest BCUT2D eigenvalue weighted by Crippen LogP contribution is -2.12. The number of nitrogens with one attached hydrogen (secondary N) is 1. The van der Waals surface area contributed by atoms with Crippen LogP contribution in [0.4, 0.5) is 10.1 Å². The molecule has 1 amide bonds. The smallest absolute Gasteiger partial charge is 0.255 e. The average Bonchev–Trinajstić information content (AvgIpc) is 2.37. The number of aromatic nitrogens is 1. The van der Waals surface area contributed by atoms with Gasteiger partial charge in [0.1, 0.15) is 11.0 Å². The molecule has 0 aliphatic rings. The van der Waals surface area contributed by atoms with Crippen LogP contribution in [0, 0.1) is 19.7 Å². The van der Waals surface area contributed by atoms with Crippen molar-refractivity contribution < 1.29 is 9.18 Å². The Labute approximate surface area is 115 Å². The molecule has 0 saturated heterocycles. The number of carbonyl (C=O) groups is 1. The molecule has 1 aromatic heterocycles. The zero-order valence-electron chi connectivity index (χ0n) is 10.5. The van der Waals surface area contributed by atoms with E-state index in [2.05, 4.69) is 10.3 Å². The van der Waals surface area contributed by atoms with Crippen LogP contribution in [-0.2, 0) is 0 Å². The van der Waals surface area contributed by atoms with Crippen molar-refractivity contribution in [3.8, 4) is 0 Å². The van der Waals surface area contributed by atoms with Gasteiger partial charge in [-0.3, -0.25) is 4.79 Å². The van der Waals surface area contributed by atoms with Gasteiger partial charge in [0.2, 0.25) is 0 Å². The average molecular weight is 279 g/mol. The fraction of sp³-hybridized carbons (Fsp3) is 0.143.